The van der Waals surface area contributed by atoms with Crippen LogP contribution in [0.4, 0.5) is 4.39 Å². The third-order valence-electron chi connectivity index (χ3n) is 2.63. The Morgan fingerprint density at radius 2 is 2.06 bits per heavy atom. The number of hydrogen-bond acceptors (Lipinski definition) is 2. The zero-order valence-electron chi connectivity index (χ0n) is 11.6. The highest BCUT2D eigenvalue weighted by molar-refractivity contribution is 5.22. The summed E-state index contributed by atoms with van der Waals surface area (Å²) in [6, 6.07) is 6.34. The van der Waals surface area contributed by atoms with Crippen LogP contribution in [-0.2, 0) is 0 Å². The molecule has 0 saturated heterocycles. The summed E-state index contributed by atoms with van der Waals surface area (Å²) in [6.45, 7) is 8.27. The summed E-state index contributed by atoms with van der Waals surface area (Å²) in [4.78, 5) is 0. The first-order chi connectivity index (χ1) is 8.61. The van der Waals surface area contributed by atoms with E-state index in [1.165, 1.54) is 12.1 Å². The summed E-state index contributed by atoms with van der Waals surface area (Å²) in [7, 11) is 0. The average Bonchev–Trinajstić information content (AvgIpc) is 2.28. The molecule has 18 heavy (non-hydrogen) atoms. The van der Waals surface area contributed by atoms with Gasteiger partial charge in [-0.3, -0.25) is 0 Å². The molecular formula is C15H24FNO. The fraction of sp³-hybridized carbons (Fsp3) is 0.600. The largest absolute Gasteiger partial charge is 0.489 e. The van der Waals surface area contributed by atoms with E-state index in [4.69, 9.17) is 4.74 Å². The van der Waals surface area contributed by atoms with Crippen molar-refractivity contribution in [1.29, 1.82) is 0 Å². The van der Waals surface area contributed by atoms with Gasteiger partial charge in [0.05, 0.1) is 0 Å². The monoisotopic (exact) mass is 253 g/mol. The van der Waals surface area contributed by atoms with E-state index in [9.17, 15) is 4.39 Å². The minimum atomic E-state index is -0.252. The summed E-state index contributed by atoms with van der Waals surface area (Å²) in [5.41, 5.74) is 0. The van der Waals surface area contributed by atoms with Crippen molar-refractivity contribution in [3.05, 3.63) is 30.1 Å². The summed E-state index contributed by atoms with van der Waals surface area (Å²) in [5, 5.41) is 3.39. The Morgan fingerprint density at radius 3 is 2.67 bits per heavy atom. The van der Waals surface area contributed by atoms with Crippen LogP contribution in [0.2, 0.25) is 0 Å². The summed E-state index contributed by atoms with van der Waals surface area (Å²) in [5.74, 6) is 0.985. The van der Waals surface area contributed by atoms with Gasteiger partial charge in [0.15, 0.2) is 0 Å². The van der Waals surface area contributed by atoms with Crippen molar-refractivity contribution in [1.82, 2.24) is 5.32 Å². The molecule has 0 fully saturated rings. The number of rotatable bonds is 8. The number of halogens is 1. The molecule has 0 aromatic heterocycles. The zero-order valence-corrected chi connectivity index (χ0v) is 11.6. The van der Waals surface area contributed by atoms with Gasteiger partial charge in [-0.1, -0.05) is 33.3 Å². The molecule has 1 rings (SSSR count). The highest BCUT2D eigenvalue weighted by Gasteiger charge is 2.10. The maximum atomic E-state index is 13.1. The number of benzene rings is 1. The van der Waals surface area contributed by atoms with Gasteiger partial charge in [-0.15, -0.1) is 0 Å². The molecule has 1 N–H and O–H groups in total. The predicted octanol–water partition coefficient (Wildman–Crippen LogP) is 3.62. The van der Waals surface area contributed by atoms with Crippen molar-refractivity contribution in [3.8, 4) is 5.75 Å². The third kappa shape index (κ3) is 6.01. The fourth-order valence-electron chi connectivity index (χ4n) is 1.79. The second kappa shape index (κ2) is 8.09. The van der Waals surface area contributed by atoms with Crippen LogP contribution >= 0.6 is 0 Å². The number of hydrogen-bond donors (Lipinski definition) is 1. The van der Waals surface area contributed by atoms with E-state index >= 15 is 0 Å². The molecule has 0 amide bonds. The van der Waals surface area contributed by atoms with Gasteiger partial charge in [-0.05, 0) is 31.0 Å². The van der Waals surface area contributed by atoms with Gasteiger partial charge in [0.2, 0.25) is 0 Å². The van der Waals surface area contributed by atoms with Crippen LogP contribution in [0.1, 0.15) is 33.6 Å². The minimum Gasteiger partial charge on any atom is -0.489 e. The molecule has 0 aliphatic heterocycles. The maximum absolute atomic E-state index is 13.1. The average molecular weight is 253 g/mol. The van der Waals surface area contributed by atoms with Crippen LogP contribution in [0, 0.1) is 11.7 Å². The van der Waals surface area contributed by atoms with Gasteiger partial charge in [0.25, 0.3) is 0 Å². The second-order valence-corrected chi connectivity index (χ2v) is 5.04. The van der Waals surface area contributed by atoms with Crippen molar-refractivity contribution >= 4 is 0 Å². The molecule has 0 bridgehead atoms. The van der Waals surface area contributed by atoms with Crippen LogP contribution in [-0.4, -0.2) is 19.2 Å². The van der Waals surface area contributed by atoms with E-state index in [-0.39, 0.29) is 11.9 Å². The van der Waals surface area contributed by atoms with Crippen LogP contribution in [0.5, 0.6) is 5.75 Å². The first-order valence-electron chi connectivity index (χ1n) is 6.74. The summed E-state index contributed by atoms with van der Waals surface area (Å²) >= 11 is 0. The molecule has 0 aliphatic rings. The lowest BCUT2D eigenvalue weighted by atomic mass is 10.2. The molecule has 3 heteroatoms. The van der Waals surface area contributed by atoms with Crippen molar-refractivity contribution in [2.75, 3.05) is 13.1 Å². The topological polar surface area (TPSA) is 21.3 Å². The molecule has 1 aromatic carbocycles. The van der Waals surface area contributed by atoms with Crippen LogP contribution < -0.4 is 10.1 Å². The van der Waals surface area contributed by atoms with Gasteiger partial charge in [0, 0.05) is 12.6 Å². The van der Waals surface area contributed by atoms with Gasteiger partial charge in [-0.2, -0.15) is 0 Å². The Morgan fingerprint density at radius 1 is 1.28 bits per heavy atom. The molecule has 0 radical (unpaired) electrons. The third-order valence-corrected chi connectivity index (χ3v) is 2.63. The minimum absolute atomic E-state index is 0.107. The molecule has 0 heterocycles. The van der Waals surface area contributed by atoms with Crippen LogP contribution in [0.3, 0.4) is 0 Å². The summed E-state index contributed by atoms with van der Waals surface area (Å²) in [6.07, 6.45) is 2.14. The van der Waals surface area contributed by atoms with Gasteiger partial charge >= 0.3 is 0 Å². The molecule has 2 nitrogen and oxygen atoms in total. The predicted molar refractivity (Wildman–Crippen MR) is 73.4 cm³/mol. The van der Waals surface area contributed by atoms with E-state index in [0.717, 1.165) is 25.9 Å². The van der Waals surface area contributed by atoms with E-state index in [2.05, 4.69) is 26.1 Å². The van der Waals surface area contributed by atoms with Crippen LogP contribution in [0.25, 0.3) is 0 Å². The van der Waals surface area contributed by atoms with Crippen molar-refractivity contribution in [3.63, 3.8) is 0 Å². The molecule has 1 unspecified atom stereocenters. The fourth-order valence-corrected chi connectivity index (χ4v) is 1.79. The van der Waals surface area contributed by atoms with E-state index in [1.54, 1.807) is 12.1 Å². The highest BCUT2D eigenvalue weighted by atomic mass is 19.1. The van der Waals surface area contributed by atoms with Crippen molar-refractivity contribution in [2.45, 2.75) is 39.7 Å². The first-order valence-corrected chi connectivity index (χ1v) is 6.74. The first kappa shape index (κ1) is 15.0. The Bertz CT molecular complexity index is 341. The van der Waals surface area contributed by atoms with Crippen molar-refractivity contribution < 1.29 is 9.13 Å². The SMILES string of the molecule is CCCC(CNCC(C)C)Oc1cccc(F)c1. The Hall–Kier alpha value is -1.09. The molecule has 0 saturated carbocycles. The lowest BCUT2D eigenvalue weighted by Crippen LogP contribution is -2.33. The molecule has 102 valence electrons. The lowest BCUT2D eigenvalue weighted by molar-refractivity contribution is 0.184. The van der Waals surface area contributed by atoms with Gasteiger partial charge in [-0.25, -0.2) is 4.39 Å². The van der Waals surface area contributed by atoms with E-state index in [1.807, 2.05) is 0 Å². The molecule has 1 atom stereocenters. The van der Waals surface area contributed by atoms with Gasteiger partial charge < -0.3 is 10.1 Å². The smallest absolute Gasteiger partial charge is 0.126 e. The molecular weight excluding hydrogens is 229 g/mol. The van der Waals surface area contributed by atoms with Crippen LogP contribution in [0.15, 0.2) is 24.3 Å². The van der Waals surface area contributed by atoms with E-state index in [0.29, 0.717) is 11.7 Å². The highest BCUT2D eigenvalue weighted by Crippen LogP contribution is 2.15. The maximum Gasteiger partial charge on any atom is 0.126 e. The lowest BCUT2D eigenvalue weighted by Gasteiger charge is -2.20. The Kier molecular flexibility index (Phi) is 6.73. The normalized spacial score (nSPS) is 12.7. The van der Waals surface area contributed by atoms with E-state index < -0.39 is 0 Å². The summed E-state index contributed by atoms with van der Waals surface area (Å²) < 4.78 is 18.9. The zero-order chi connectivity index (χ0) is 13.4. The standard InChI is InChI=1S/C15H24FNO/c1-4-6-15(11-17-10-12(2)3)18-14-8-5-7-13(16)9-14/h5,7-9,12,15,17H,4,6,10-11H2,1-3H3. The Balaban J connectivity index is 2.46. The molecule has 1 aromatic rings. The van der Waals surface area contributed by atoms with Gasteiger partial charge in [0.1, 0.15) is 17.7 Å². The second-order valence-electron chi connectivity index (χ2n) is 5.04. The number of ether oxygens (including phenoxy) is 1. The molecule has 0 spiro atoms. The molecule has 0 aliphatic carbocycles. The van der Waals surface area contributed by atoms with Crippen molar-refractivity contribution in [2.24, 2.45) is 5.92 Å². The Labute approximate surface area is 110 Å². The number of nitrogens with one attached hydrogen (secondary N) is 1. The quantitative estimate of drug-likeness (QED) is 0.764.